The fraction of sp³-hybridized carbons (Fsp3) is 0.289. The van der Waals surface area contributed by atoms with E-state index in [1.165, 1.54) is 7.11 Å². The summed E-state index contributed by atoms with van der Waals surface area (Å²) < 4.78 is 19.3. The largest absolute Gasteiger partial charge is 0.477 e. The van der Waals surface area contributed by atoms with Crippen LogP contribution >= 0.6 is 19.0 Å². The van der Waals surface area contributed by atoms with Gasteiger partial charge in [-0.2, -0.15) is 0 Å². The highest BCUT2D eigenvalue weighted by Gasteiger charge is 2.36. The Kier molecular flexibility index (Phi) is 14.8. The number of H-pyrrole nitrogens is 1. The van der Waals surface area contributed by atoms with Crippen LogP contribution in [-0.4, -0.2) is 59.6 Å². The van der Waals surface area contributed by atoms with E-state index in [1.54, 1.807) is 30.3 Å². The second-order valence-electron chi connectivity index (χ2n) is 11.8. The topological polar surface area (TPSA) is 144 Å². The number of hydrogen-bond donors (Lipinski definition) is 6. The molecule has 9 nitrogen and oxygen atoms in total. The van der Waals surface area contributed by atoms with Gasteiger partial charge in [0.15, 0.2) is 0 Å². The van der Waals surface area contributed by atoms with Gasteiger partial charge in [0.25, 0.3) is 7.37 Å². The monoisotopic (exact) mass is 707 g/mol. The van der Waals surface area contributed by atoms with E-state index in [-0.39, 0.29) is 23.1 Å². The molecule has 0 aliphatic rings. The molecule has 0 radical (unpaired) electrons. The summed E-state index contributed by atoms with van der Waals surface area (Å²) in [6.07, 6.45) is -0.840. The number of aromatic nitrogens is 1. The van der Waals surface area contributed by atoms with Gasteiger partial charge in [0, 0.05) is 40.4 Å². The molecule has 1 unspecified atom stereocenters. The first kappa shape index (κ1) is 39.6. The molecule has 11 heteroatoms. The maximum absolute atomic E-state index is 13.9. The lowest BCUT2D eigenvalue weighted by molar-refractivity contribution is 0.0692. The molecule has 6 N–H and O–H groups in total. The Morgan fingerprint density at radius 3 is 1.67 bits per heavy atom. The molecule has 1 heterocycles. The lowest BCUT2D eigenvalue weighted by atomic mass is 10.0. The van der Waals surface area contributed by atoms with Gasteiger partial charge in [-0.05, 0) is 83.2 Å². The summed E-state index contributed by atoms with van der Waals surface area (Å²) in [6, 6.07) is 29.9. The molecule has 1 aromatic heterocycles. The first-order chi connectivity index (χ1) is 23.3. The molecule has 4 aromatic carbocycles. The van der Waals surface area contributed by atoms with Crippen LogP contribution in [0.15, 0.2) is 97.1 Å². The zero-order chi connectivity index (χ0) is 36.3. The average molecular weight is 708 g/mol. The van der Waals surface area contributed by atoms with Gasteiger partial charge in [-0.15, -0.1) is 0 Å². The number of likely N-dealkylation sites (N-methyl/N-ethyl adjacent to an activating group) is 2. The SMILES string of the molecule is CN[C@@H](C)[C@H](O)c1ccccc1.CN[C@H](C)[C@@H](O)c1ccccc1.COP(=O)(c1cc(C)cc(C)c1)c1c(C(=O)O)[nH]c2ccc(Cl)cc12. The van der Waals surface area contributed by atoms with Crippen LogP contribution in [0, 0.1) is 13.8 Å². The van der Waals surface area contributed by atoms with Crippen molar-refractivity contribution in [3.63, 3.8) is 0 Å². The van der Waals surface area contributed by atoms with Crippen LogP contribution in [0.3, 0.4) is 0 Å². The minimum atomic E-state index is -3.64. The van der Waals surface area contributed by atoms with E-state index in [0.29, 0.717) is 21.2 Å². The Hall–Kier alpha value is -3.79. The summed E-state index contributed by atoms with van der Waals surface area (Å²) in [7, 11) is 1.38. The molecule has 0 fully saturated rings. The van der Waals surface area contributed by atoms with Gasteiger partial charge in [-0.3, -0.25) is 4.57 Å². The molecule has 0 spiro atoms. The van der Waals surface area contributed by atoms with Crippen molar-refractivity contribution in [3.05, 3.63) is 130 Å². The van der Waals surface area contributed by atoms with E-state index in [2.05, 4.69) is 15.6 Å². The molecule has 0 amide bonds. The van der Waals surface area contributed by atoms with Gasteiger partial charge in [0.1, 0.15) is 5.69 Å². The summed E-state index contributed by atoms with van der Waals surface area (Å²) in [5.74, 6) is -1.20. The number of rotatable bonds is 10. The van der Waals surface area contributed by atoms with Gasteiger partial charge in [0.2, 0.25) is 0 Å². The number of carboxylic acids is 1. The van der Waals surface area contributed by atoms with Crippen molar-refractivity contribution in [2.45, 2.75) is 52.0 Å². The Labute approximate surface area is 293 Å². The molecular formula is C38H47ClN3O6P. The van der Waals surface area contributed by atoms with Crippen LogP contribution in [0.1, 0.15) is 58.8 Å². The van der Waals surface area contributed by atoms with Crippen molar-refractivity contribution in [2.75, 3.05) is 21.2 Å². The predicted octanol–water partition coefficient (Wildman–Crippen LogP) is 6.67. The van der Waals surface area contributed by atoms with Gasteiger partial charge in [-0.25, -0.2) is 4.79 Å². The number of hydrogen-bond acceptors (Lipinski definition) is 7. The molecule has 5 aromatic rings. The molecule has 0 saturated heterocycles. The predicted molar refractivity (Wildman–Crippen MR) is 200 cm³/mol. The minimum absolute atomic E-state index is 0.0902. The number of aliphatic hydroxyl groups excluding tert-OH is 2. The number of aromatic amines is 1. The fourth-order valence-corrected chi connectivity index (χ4v) is 7.77. The number of carbonyl (C=O) groups is 1. The number of halogens is 1. The van der Waals surface area contributed by atoms with Crippen molar-refractivity contribution in [3.8, 4) is 0 Å². The zero-order valence-corrected chi connectivity index (χ0v) is 30.6. The summed E-state index contributed by atoms with van der Waals surface area (Å²) in [5, 5.41) is 36.6. The van der Waals surface area contributed by atoms with E-state index in [0.717, 1.165) is 22.3 Å². The average Bonchev–Trinajstić information content (AvgIpc) is 3.50. The molecule has 5 atom stereocenters. The molecule has 0 saturated carbocycles. The highest BCUT2D eigenvalue weighted by Crippen LogP contribution is 2.47. The number of fused-ring (bicyclic) bond motifs is 1. The summed E-state index contributed by atoms with van der Waals surface area (Å²) in [4.78, 5) is 14.6. The second-order valence-corrected chi connectivity index (χ2v) is 14.7. The number of aryl methyl sites for hydroxylation is 2. The van der Waals surface area contributed by atoms with E-state index >= 15 is 0 Å². The van der Waals surface area contributed by atoms with Crippen molar-refractivity contribution >= 4 is 46.5 Å². The Morgan fingerprint density at radius 2 is 1.27 bits per heavy atom. The summed E-state index contributed by atoms with van der Waals surface area (Å²) in [5.41, 5.74) is 4.14. The van der Waals surface area contributed by atoms with Crippen molar-refractivity contribution in [1.82, 2.24) is 15.6 Å². The van der Waals surface area contributed by atoms with E-state index in [9.17, 15) is 24.7 Å². The third-order valence-electron chi connectivity index (χ3n) is 8.19. The molecule has 262 valence electrons. The van der Waals surface area contributed by atoms with E-state index < -0.39 is 25.5 Å². The first-order valence-electron chi connectivity index (χ1n) is 15.9. The molecular weight excluding hydrogens is 661 g/mol. The normalized spacial score (nSPS) is 14.7. The maximum Gasteiger partial charge on any atom is 0.353 e. The smallest absolute Gasteiger partial charge is 0.353 e. The zero-order valence-electron chi connectivity index (χ0n) is 28.9. The lowest BCUT2D eigenvalue weighted by Crippen LogP contribution is -2.28. The first-order valence-corrected chi connectivity index (χ1v) is 17.9. The second kappa shape index (κ2) is 18.3. The number of nitrogens with one attached hydrogen (secondary N) is 3. The van der Waals surface area contributed by atoms with Gasteiger partial charge >= 0.3 is 5.97 Å². The Balaban J connectivity index is 0.000000226. The number of benzene rings is 4. The lowest BCUT2D eigenvalue weighted by Gasteiger charge is -2.18. The summed E-state index contributed by atoms with van der Waals surface area (Å²) >= 11 is 6.08. The van der Waals surface area contributed by atoms with Crippen LogP contribution in [0.4, 0.5) is 0 Å². The van der Waals surface area contributed by atoms with Gasteiger partial charge in [-0.1, -0.05) is 89.5 Å². The molecule has 0 bridgehead atoms. The van der Waals surface area contributed by atoms with Crippen LogP contribution in [0.5, 0.6) is 0 Å². The number of aromatic carboxylic acids is 1. The molecule has 5 rings (SSSR count). The summed E-state index contributed by atoms with van der Waals surface area (Å²) in [6.45, 7) is 7.69. The van der Waals surface area contributed by atoms with E-state index in [4.69, 9.17) is 16.1 Å². The van der Waals surface area contributed by atoms with Crippen molar-refractivity contribution in [1.29, 1.82) is 0 Å². The van der Waals surface area contributed by atoms with Gasteiger partial charge < -0.3 is 35.5 Å². The quantitative estimate of drug-likeness (QED) is 0.0884. The minimum Gasteiger partial charge on any atom is -0.477 e. The van der Waals surface area contributed by atoms with Crippen LogP contribution in [0.25, 0.3) is 10.9 Å². The number of aliphatic hydroxyl groups is 2. The van der Waals surface area contributed by atoms with Crippen molar-refractivity contribution in [2.24, 2.45) is 0 Å². The Bertz CT molecular complexity index is 1780. The third kappa shape index (κ3) is 10.1. The Morgan fingerprint density at radius 1 is 0.796 bits per heavy atom. The maximum atomic E-state index is 13.9. The standard InChI is InChI=1S/C18H17ClNO4P.2C10H15NO/c1-10-6-11(2)8-13(7-10)25(23,24-3)17-14-9-12(19)4-5-15(14)20-16(17)18(21)22;2*1-8(11-2)10(12)9-6-4-3-5-7-9/h4-9,20H,1-3H3,(H,21,22);2*3-8,10-12H,1-2H3/t;2*8-,10-/m.10/s1. The van der Waals surface area contributed by atoms with Crippen LogP contribution in [0.2, 0.25) is 5.02 Å². The molecule has 0 aliphatic heterocycles. The highest BCUT2D eigenvalue weighted by atomic mass is 35.5. The molecule has 49 heavy (non-hydrogen) atoms. The van der Waals surface area contributed by atoms with Crippen molar-refractivity contribution < 1.29 is 29.2 Å². The number of carboxylic acid groups (broad SMARTS) is 1. The highest BCUT2D eigenvalue weighted by molar-refractivity contribution is 7.75. The van der Waals surface area contributed by atoms with Crippen LogP contribution in [-0.2, 0) is 9.09 Å². The van der Waals surface area contributed by atoms with E-state index in [1.807, 2.05) is 109 Å². The van der Waals surface area contributed by atoms with Gasteiger partial charge in [0.05, 0.1) is 17.5 Å². The third-order valence-corrected chi connectivity index (χ3v) is 10.9. The van der Waals surface area contributed by atoms with Crippen LogP contribution < -0.4 is 21.2 Å². The fourth-order valence-electron chi connectivity index (χ4n) is 5.25. The molecule has 0 aliphatic carbocycles.